The first-order valence-corrected chi connectivity index (χ1v) is 5.51. The van der Waals surface area contributed by atoms with Crippen molar-refractivity contribution in [2.24, 2.45) is 0 Å². The minimum atomic E-state index is -0.232. The van der Waals surface area contributed by atoms with Crippen LogP contribution in [0, 0.1) is 6.92 Å². The van der Waals surface area contributed by atoms with Crippen molar-refractivity contribution in [3.8, 4) is 0 Å². The lowest BCUT2D eigenvalue weighted by Gasteiger charge is -2.12. The van der Waals surface area contributed by atoms with Crippen molar-refractivity contribution in [1.29, 1.82) is 0 Å². The van der Waals surface area contributed by atoms with Gasteiger partial charge in [0.15, 0.2) is 0 Å². The van der Waals surface area contributed by atoms with Crippen LogP contribution in [-0.4, -0.2) is 18.6 Å². The van der Waals surface area contributed by atoms with Gasteiger partial charge in [-0.25, -0.2) is 0 Å². The molecule has 0 radical (unpaired) electrons. The fourth-order valence-electron chi connectivity index (χ4n) is 1.57. The van der Waals surface area contributed by atoms with Crippen LogP contribution in [0.5, 0.6) is 0 Å². The lowest BCUT2D eigenvalue weighted by atomic mass is 10.1. The van der Waals surface area contributed by atoms with Gasteiger partial charge in [0.1, 0.15) is 6.10 Å². The van der Waals surface area contributed by atoms with Crippen LogP contribution in [0.4, 0.5) is 0 Å². The van der Waals surface area contributed by atoms with Gasteiger partial charge in [-0.1, -0.05) is 29.8 Å². The topological polar surface area (TPSA) is 38.3 Å². The fraction of sp³-hybridized carbons (Fsp3) is 0.462. The van der Waals surface area contributed by atoms with Crippen molar-refractivity contribution >= 4 is 5.97 Å². The van der Waals surface area contributed by atoms with Crippen molar-refractivity contribution in [1.82, 2.24) is 5.32 Å². The van der Waals surface area contributed by atoms with Crippen molar-refractivity contribution < 1.29 is 9.53 Å². The largest absolute Gasteiger partial charge is 0.462 e. The van der Waals surface area contributed by atoms with Crippen LogP contribution in [0.3, 0.4) is 0 Å². The first-order valence-electron chi connectivity index (χ1n) is 5.51. The van der Waals surface area contributed by atoms with E-state index in [1.165, 1.54) is 18.1 Å². The second kappa shape index (κ2) is 6.28. The standard InChI is InChI=1S/C13H19NO2/c1-10-5-4-6-13(7-10)9-14-8-11(2)16-12(3)15/h4-7,11,14H,8-9H2,1-3H3. The Balaban J connectivity index is 2.27. The van der Waals surface area contributed by atoms with Gasteiger partial charge in [0.2, 0.25) is 0 Å². The highest BCUT2D eigenvalue weighted by molar-refractivity contribution is 5.66. The Hall–Kier alpha value is -1.35. The summed E-state index contributed by atoms with van der Waals surface area (Å²) in [6, 6.07) is 8.34. The molecule has 0 aromatic heterocycles. The number of carbonyl (C=O) groups is 1. The maximum atomic E-state index is 10.7. The van der Waals surface area contributed by atoms with E-state index in [0.717, 1.165) is 6.54 Å². The van der Waals surface area contributed by atoms with E-state index in [4.69, 9.17) is 4.74 Å². The van der Waals surface area contributed by atoms with E-state index in [1.54, 1.807) is 0 Å². The second-order valence-electron chi connectivity index (χ2n) is 4.04. The smallest absolute Gasteiger partial charge is 0.302 e. The number of hydrogen-bond donors (Lipinski definition) is 1. The normalized spacial score (nSPS) is 12.2. The van der Waals surface area contributed by atoms with Gasteiger partial charge in [-0.15, -0.1) is 0 Å². The Morgan fingerprint density at radius 2 is 2.25 bits per heavy atom. The summed E-state index contributed by atoms with van der Waals surface area (Å²) in [7, 11) is 0. The zero-order valence-electron chi connectivity index (χ0n) is 10.1. The summed E-state index contributed by atoms with van der Waals surface area (Å²) in [6.45, 7) is 6.85. The first-order chi connectivity index (χ1) is 7.58. The minimum Gasteiger partial charge on any atom is -0.462 e. The maximum Gasteiger partial charge on any atom is 0.302 e. The van der Waals surface area contributed by atoms with Crippen LogP contribution in [0.25, 0.3) is 0 Å². The van der Waals surface area contributed by atoms with Gasteiger partial charge in [-0.2, -0.15) is 0 Å². The molecule has 0 heterocycles. The SMILES string of the molecule is CC(=O)OC(C)CNCc1cccc(C)c1. The van der Waals surface area contributed by atoms with Crippen molar-refractivity contribution in [2.75, 3.05) is 6.54 Å². The third kappa shape index (κ3) is 4.94. The number of esters is 1. The van der Waals surface area contributed by atoms with Gasteiger partial charge >= 0.3 is 5.97 Å². The molecular weight excluding hydrogens is 202 g/mol. The van der Waals surface area contributed by atoms with E-state index in [2.05, 4.69) is 30.4 Å². The van der Waals surface area contributed by atoms with Crippen LogP contribution in [0.1, 0.15) is 25.0 Å². The molecule has 1 atom stereocenters. The third-order valence-corrected chi connectivity index (χ3v) is 2.21. The lowest BCUT2D eigenvalue weighted by Crippen LogP contribution is -2.27. The molecule has 1 unspecified atom stereocenters. The predicted molar refractivity (Wildman–Crippen MR) is 64.1 cm³/mol. The Morgan fingerprint density at radius 3 is 2.88 bits per heavy atom. The second-order valence-corrected chi connectivity index (χ2v) is 4.04. The quantitative estimate of drug-likeness (QED) is 0.773. The van der Waals surface area contributed by atoms with Crippen LogP contribution in [-0.2, 0) is 16.1 Å². The van der Waals surface area contributed by atoms with E-state index in [0.29, 0.717) is 6.54 Å². The molecule has 1 aromatic carbocycles. The molecule has 3 nitrogen and oxygen atoms in total. The van der Waals surface area contributed by atoms with Crippen molar-refractivity contribution in [3.05, 3.63) is 35.4 Å². The van der Waals surface area contributed by atoms with E-state index in [9.17, 15) is 4.79 Å². The summed E-state index contributed by atoms with van der Waals surface area (Å²) in [5.74, 6) is -0.232. The number of aryl methyl sites for hydroxylation is 1. The van der Waals surface area contributed by atoms with E-state index < -0.39 is 0 Å². The first kappa shape index (κ1) is 12.7. The Bertz CT molecular complexity index is 350. The van der Waals surface area contributed by atoms with Crippen LogP contribution < -0.4 is 5.32 Å². The van der Waals surface area contributed by atoms with E-state index in [-0.39, 0.29) is 12.1 Å². The van der Waals surface area contributed by atoms with Gasteiger partial charge in [0.05, 0.1) is 0 Å². The molecule has 0 aliphatic heterocycles. The number of hydrogen-bond acceptors (Lipinski definition) is 3. The molecule has 3 heteroatoms. The highest BCUT2D eigenvalue weighted by atomic mass is 16.5. The van der Waals surface area contributed by atoms with Gasteiger partial charge in [-0.3, -0.25) is 4.79 Å². The number of ether oxygens (including phenoxy) is 1. The fourth-order valence-corrected chi connectivity index (χ4v) is 1.57. The molecule has 1 aromatic rings. The molecule has 0 fully saturated rings. The van der Waals surface area contributed by atoms with Gasteiger partial charge in [-0.05, 0) is 19.4 Å². The molecule has 0 spiro atoms. The average molecular weight is 221 g/mol. The Morgan fingerprint density at radius 1 is 1.50 bits per heavy atom. The summed E-state index contributed by atoms with van der Waals surface area (Å²) < 4.78 is 5.01. The van der Waals surface area contributed by atoms with Crippen molar-refractivity contribution in [3.63, 3.8) is 0 Å². The monoisotopic (exact) mass is 221 g/mol. The van der Waals surface area contributed by atoms with Crippen LogP contribution in [0.15, 0.2) is 24.3 Å². The summed E-state index contributed by atoms with van der Waals surface area (Å²) in [4.78, 5) is 10.7. The Kier molecular flexibility index (Phi) is 4.99. The lowest BCUT2D eigenvalue weighted by molar-refractivity contribution is -0.145. The zero-order valence-corrected chi connectivity index (χ0v) is 10.1. The highest BCUT2D eigenvalue weighted by Crippen LogP contribution is 2.03. The van der Waals surface area contributed by atoms with E-state index in [1.807, 2.05) is 13.0 Å². The maximum absolute atomic E-state index is 10.7. The van der Waals surface area contributed by atoms with E-state index >= 15 is 0 Å². The average Bonchev–Trinajstić information content (AvgIpc) is 2.16. The molecule has 0 aliphatic rings. The molecule has 16 heavy (non-hydrogen) atoms. The molecular formula is C13H19NO2. The number of benzene rings is 1. The van der Waals surface area contributed by atoms with Crippen molar-refractivity contribution in [2.45, 2.75) is 33.4 Å². The molecule has 0 saturated heterocycles. The van der Waals surface area contributed by atoms with Gasteiger partial charge in [0, 0.05) is 20.0 Å². The molecule has 1 N–H and O–H groups in total. The number of nitrogens with one attached hydrogen (secondary N) is 1. The summed E-state index contributed by atoms with van der Waals surface area (Å²) in [5, 5.41) is 3.26. The predicted octanol–water partition coefficient (Wildman–Crippen LogP) is 2.04. The van der Waals surface area contributed by atoms with Crippen LogP contribution in [0.2, 0.25) is 0 Å². The van der Waals surface area contributed by atoms with Crippen LogP contribution >= 0.6 is 0 Å². The Labute approximate surface area is 96.8 Å². The zero-order chi connectivity index (χ0) is 12.0. The summed E-state index contributed by atoms with van der Waals surface area (Å²) in [6.07, 6.45) is -0.0812. The molecule has 0 bridgehead atoms. The minimum absolute atomic E-state index is 0.0812. The molecule has 0 amide bonds. The molecule has 0 aliphatic carbocycles. The molecule has 0 saturated carbocycles. The van der Waals surface area contributed by atoms with Gasteiger partial charge in [0.25, 0.3) is 0 Å². The highest BCUT2D eigenvalue weighted by Gasteiger charge is 2.04. The number of carbonyl (C=O) groups excluding carboxylic acids is 1. The molecule has 1 rings (SSSR count). The van der Waals surface area contributed by atoms with Gasteiger partial charge < -0.3 is 10.1 Å². The number of rotatable bonds is 5. The summed E-state index contributed by atoms with van der Waals surface area (Å²) in [5.41, 5.74) is 2.50. The molecule has 88 valence electrons. The third-order valence-electron chi connectivity index (χ3n) is 2.21. The summed E-state index contributed by atoms with van der Waals surface area (Å²) >= 11 is 0.